The monoisotopic (exact) mass is 331 g/mol. The first-order chi connectivity index (χ1) is 11.6. The van der Waals surface area contributed by atoms with Crippen LogP contribution < -0.4 is 5.73 Å². The number of morpholine rings is 1. The van der Waals surface area contributed by atoms with Crippen LogP contribution in [0.25, 0.3) is 0 Å². The van der Waals surface area contributed by atoms with E-state index in [0.29, 0.717) is 18.2 Å². The summed E-state index contributed by atoms with van der Waals surface area (Å²) >= 11 is 0. The van der Waals surface area contributed by atoms with Gasteiger partial charge in [0.2, 0.25) is 0 Å². The second-order valence-corrected chi connectivity index (χ2v) is 7.73. The molecule has 3 rings (SSSR count). The number of hydrogen-bond acceptors (Lipinski definition) is 4. The average Bonchev–Trinajstić information content (AvgIpc) is 2.93. The Bertz CT molecular complexity index is 523. The Morgan fingerprint density at radius 2 is 2.00 bits per heavy atom. The van der Waals surface area contributed by atoms with Crippen LogP contribution in [0.5, 0.6) is 0 Å². The molecule has 134 valence electrons. The van der Waals surface area contributed by atoms with Gasteiger partial charge in [-0.15, -0.1) is 0 Å². The molecular formula is C20H33N3O. The highest BCUT2D eigenvalue weighted by atomic mass is 16.5. The SMILES string of the molecule is CCC1COC(C)CN1C1(CN)CC(C)N(Cc2ccccc2)C1. The summed E-state index contributed by atoms with van der Waals surface area (Å²) in [6, 6.07) is 11.8. The van der Waals surface area contributed by atoms with E-state index in [1.165, 1.54) is 5.56 Å². The van der Waals surface area contributed by atoms with Crippen LogP contribution in [-0.4, -0.2) is 59.8 Å². The van der Waals surface area contributed by atoms with E-state index >= 15 is 0 Å². The first-order valence-electron chi connectivity index (χ1n) is 9.44. The summed E-state index contributed by atoms with van der Waals surface area (Å²) in [6.45, 7) is 11.4. The molecule has 2 aliphatic heterocycles. The van der Waals surface area contributed by atoms with Crippen molar-refractivity contribution < 1.29 is 4.74 Å². The molecule has 2 aliphatic rings. The summed E-state index contributed by atoms with van der Waals surface area (Å²) in [5.74, 6) is 0. The minimum Gasteiger partial charge on any atom is -0.376 e. The van der Waals surface area contributed by atoms with Gasteiger partial charge in [-0.1, -0.05) is 37.3 Å². The Kier molecular flexibility index (Phi) is 5.60. The van der Waals surface area contributed by atoms with Gasteiger partial charge < -0.3 is 10.5 Å². The maximum absolute atomic E-state index is 6.37. The van der Waals surface area contributed by atoms with Crippen molar-refractivity contribution in [2.45, 2.75) is 63.9 Å². The number of likely N-dealkylation sites (tertiary alicyclic amines) is 1. The molecule has 0 aliphatic carbocycles. The second-order valence-electron chi connectivity index (χ2n) is 7.73. The third-order valence-corrected chi connectivity index (χ3v) is 5.95. The van der Waals surface area contributed by atoms with E-state index in [-0.39, 0.29) is 5.54 Å². The molecule has 0 amide bonds. The van der Waals surface area contributed by atoms with Crippen molar-refractivity contribution in [2.75, 3.05) is 26.2 Å². The molecule has 2 saturated heterocycles. The summed E-state index contributed by atoms with van der Waals surface area (Å²) in [5, 5.41) is 0. The molecule has 0 saturated carbocycles. The van der Waals surface area contributed by atoms with Crippen molar-refractivity contribution in [3.63, 3.8) is 0 Å². The lowest BCUT2D eigenvalue weighted by Crippen LogP contribution is -2.64. The molecular weight excluding hydrogens is 298 g/mol. The number of benzene rings is 1. The highest BCUT2D eigenvalue weighted by Gasteiger charge is 2.48. The number of rotatable bonds is 5. The molecule has 2 N–H and O–H groups in total. The molecule has 4 atom stereocenters. The molecule has 4 unspecified atom stereocenters. The Morgan fingerprint density at radius 3 is 2.67 bits per heavy atom. The van der Waals surface area contributed by atoms with Gasteiger partial charge in [-0.3, -0.25) is 9.80 Å². The third-order valence-electron chi connectivity index (χ3n) is 5.95. The van der Waals surface area contributed by atoms with Crippen molar-refractivity contribution in [1.29, 1.82) is 0 Å². The standard InChI is InChI=1S/C20H33N3O/c1-4-19-13-24-17(3)11-23(19)20(14-21)10-16(2)22(15-20)12-18-8-6-5-7-9-18/h5-9,16-17,19H,4,10-15,21H2,1-3H3. The van der Waals surface area contributed by atoms with Crippen molar-refractivity contribution in [1.82, 2.24) is 9.80 Å². The van der Waals surface area contributed by atoms with Gasteiger partial charge in [0.05, 0.1) is 12.7 Å². The highest BCUT2D eigenvalue weighted by Crippen LogP contribution is 2.36. The van der Waals surface area contributed by atoms with Gasteiger partial charge in [0.25, 0.3) is 0 Å². The summed E-state index contributed by atoms with van der Waals surface area (Å²) in [7, 11) is 0. The lowest BCUT2D eigenvalue weighted by molar-refractivity contribution is -0.0963. The molecule has 4 nitrogen and oxygen atoms in total. The minimum atomic E-state index is 0.0902. The molecule has 0 aromatic heterocycles. The summed E-state index contributed by atoms with van der Waals surface area (Å²) < 4.78 is 5.91. The highest BCUT2D eigenvalue weighted by molar-refractivity contribution is 5.16. The zero-order valence-electron chi connectivity index (χ0n) is 15.4. The van der Waals surface area contributed by atoms with E-state index < -0.39 is 0 Å². The van der Waals surface area contributed by atoms with Crippen LogP contribution in [0, 0.1) is 0 Å². The molecule has 2 fully saturated rings. The van der Waals surface area contributed by atoms with E-state index in [1.54, 1.807) is 0 Å². The largest absolute Gasteiger partial charge is 0.376 e. The predicted molar refractivity (Wildman–Crippen MR) is 98.9 cm³/mol. The first-order valence-corrected chi connectivity index (χ1v) is 9.44. The van der Waals surface area contributed by atoms with E-state index in [9.17, 15) is 0 Å². The van der Waals surface area contributed by atoms with Crippen molar-refractivity contribution in [3.05, 3.63) is 35.9 Å². The van der Waals surface area contributed by atoms with Crippen LogP contribution in [0.2, 0.25) is 0 Å². The maximum Gasteiger partial charge on any atom is 0.0675 e. The lowest BCUT2D eigenvalue weighted by atomic mass is 9.90. The predicted octanol–water partition coefficient (Wildman–Crippen LogP) is 2.48. The summed E-state index contributed by atoms with van der Waals surface area (Å²) in [6.07, 6.45) is 2.58. The Hall–Kier alpha value is -0.940. The topological polar surface area (TPSA) is 41.7 Å². The average molecular weight is 332 g/mol. The zero-order valence-corrected chi connectivity index (χ0v) is 15.4. The molecule has 0 bridgehead atoms. The third kappa shape index (κ3) is 3.52. The Morgan fingerprint density at radius 1 is 1.25 bits per heavy atom. The maximum atomic E-state index is 6.37. The summed E-state index contributed by atoms with van der Waals surface area (Å²) in [5.41, 5.74) is 7.85. The Labute approximate surface area is 147 Å². The van der Waals surface area contributed by atoms with Crippen molar-refractivity contribution in [2.24, 2.45) is 5.73 Å². The molecule has 0 radical (unpaired) electrons. The molecule has 1 aromatic carbocycles. The Balaban J connectivity index is 1.77. The van der Waals surface area contributed by atoms with Gasteiger partial charge in [-0.25, -0.2) is 0 Å². The van der Waals surface area contributed by atoms with Crippen LogP contribution in [0.4, 0.5) is 0 Å². The van der Waals surface area contributed by atoms with Crippen molar-refractivity contribution in [3.8, 4) is 0 Å². The van der Waals surface area contributed by atoms with E-state index in [1.807, 2.05) is 0 Å². The number of nitrogens with zero attached hydrogens (tertiary/aromatic N) is 2. The fraction of sp³-hybridized carbons (Fsp3) is 0.700. The minimum absolute atomic E-state index is 0.0902. The molecule has 2 heterocycles. The molecule has 1 aromatic rings. The summed E-state index contributed by atoms with van der Waals surface area (Å²) in [4.78, 5) is 5.29. The van der Waals surface area contributed by atoms with Gasteiger partial charge >= 0.3 is 0 Å². The van der Waals surface area contributed by atoms with Crippen LogP contribution in [0.3, 0.4) is 0 Å². The smallest absolute Gasteiger partial charge is 0.0675 e. The molecule has 24 heavy (non-hydrogen) atoms. The number of ether oxygens (including phenoxy) is 1. The number of nitrogens with two attached hydrogens (primary N) is 1. The number of hydrogen-bond donors (Lipinski definition) is 1. The van der Waals surface area contributed by atoms with E-state index in [4.69, 9.17) is 10.5 Å². The van der Waals surface area contributed by atoms with Crippen LogP contribution in [0.1, 0.15) is 39.2 Å². The fourth-order valence-corrected chi connectivity index (χ4v) is 4.54. The zero-order chi connectivity index (χ0) is 17.2. The normalized spacial score (nSPS) is 35.4. The lowest BCUT2D eigenvalue weighted by Gasteiger charge is -2.49. The molecule has 0 spiro atoms. The molecule has 4 heteroatoms. The second kappa shape index (κ2) is 7.52. The van der Waals surface area contributed by atoms with Gasteiger partial charge in [-0.2, -0.15) is 0 Å². The van der Waals surface area contributed by atoms with Gasteiger partial charge in [0.1, 0.15) is 0 Å². The first kappa shape index (κ1) is 17.9. The quantitative estimate of drug-likeness (QED) is 0.900. The van der Waals surface area contributed by atoms with Crippen LogP contribution >= 0.6 is 0 Å². The van der Waals surface area contributed by atoms with E-state index in [0.717, 1.165) is 45.6 Å². The fourth-order valence-electron chi connectivity index (χ4n) is 4.54. The van der Waals surface area contributed by atoms with Gasteiger partial charge in [0.15, 0.2) is 0 Å². The van der Waals surface area contributed by atoms with Crippen molar-refractivity contribution >= 4 is 0 Å². The van der Waals surface area contributed by atoms with Gasteiger partial charge in [0, 0.05) is 43.8 Å². The van der Waals surface area contributed by atoms with E-state index in [2.05, 4.69) is 60.9 Å². The van der Waals surface area contributed by atoms with Crippen LogP contribution in [-0.2, 0) is 11.3 Å². The van der Waals surface area contributed by atoms with Crippen LogP contribution in [0.15, 0.2) is 30.3 Å². The van der Waals surface area contributed by atoms with Gasteiger partial charge in [-0.05, 0) is 32.3 Å².